The zero-order chi connectivity index (χ0) is 10.6. The molecule has 0 aliphatic carbocycles. The lowest BCUT2D eigenvalue weighted by atomic mass is 10.0. The number of rotatable bonds is 4. The van der Waals surface area contributed by atoms with Gasteiger partial charge in [0.05, 0.1) is 0 Å². The van der Waals surface area contributed by atoms with Crippen LogP contribution in [0.4, 0.5) is 4.39 Å². The van der Waals surface area contributed by atoms with Crippen LogP contribution in [0, 0.1) is 0 Å². The summed E-state index contributed by atoms with van der Waals surface area (Å²) in [6, 6.07) is 5.80. The van der Waals surface area contributed by atoms with Gasteiger partial charge in [-0.2, -0.15) is 0 Å². The molecule has 0 spiro atoms. The summed E-state index contributed by atoms with van der Waals surface area (Å²) in [5.41, 5.74) is 6.51. The fourth-order valence-electron chi connectivity index (χ4n) is 1.21. The highest BCUT2D eigenvalue weighted by atomic mass is 19.1. The summed E-state index contributed by atoms with van der Waals surface area (Å²) in [6.45, 7) is -0.595. The van der Waals surface area contributed by atoms with Crippen LogP contribution in [0.15, 0.2) is 24.3 Å². The number of nitrogens with two attached hydrogens (primary N) is 1. The highest BCUT2D eigenvalue weighted by molar-refractivity contribution is 5.73. The lowest BCUT2D eigenvalue weighted by Crippen LogP contribution is -2.32. The van der Waals surface area contributed by atoms with Crippen LogP contribution in [-0.4, -0.2) is 17.1 Å². The quantitative estimate of drug-likeness (QED) is 0.760. The molecule has 0 saturated heterocycles. The number of hydrogen-bond acceptors (Lipinski definition) is 2. The first-order chi connectivity index (χ1) is 6.65. The van der Waals surface area contributed by atoms with E-state index in [2.05, 4.69) is 0 Å². The molecule has 0 unspecified atom stereocenters. The van der Waals surface area contributed by atoms with Gasteiger partial charge < -0.3 is 10.8 Å². The van der Waals surface area contributed by atoms with Crippen LogP contribution in [0.2, 0.25) is 0 Å². The minimum Gasteiger partial charge on any atom is -0.480 e. The third-order valence-electron chi connectivity index (χ3n) is 2.02. The smallest absolute Gasteiger partial charge is 0.320 e. The molecule has 0 radical (unpaired) electrons. The maximum atomic E-state index is 12.4. The molecule has 0 heterocycles. The van der Waals surface area contributed by atoms with E-state index < -0.39 is 18.7 Å². The minimum atomic E-state index is -1.07. The van der Waals surface area contributed by atoms with E-state index in [0.717, 1.165) is 0 Å². The molecule has 14 heavy (non-hydrogen) atoms. The topological polar surface area (TPSA) is 63.3 Å². The van der Waals surface area contributed by atoms with Crippen molar-refractivity contribution in [1.29, 1.82) is 0 Å². The molecule has 76 valence electrons. The SMILES string of the molecule is N[C@H](Cc1ccccc1CF)C(=O)O. The molecule has 0 aliphatic heterocycles. The molecule has 0 fully saturated rings. The summed E-state index contributed by atoms with van der Waals surface area (Å²) in [4.78, 5) is 10.5. The maximum absolute atomic E-state index is 12.4. The second-order valence-corrected chi connectivity index (χ2v) is 3.05. The summed E-state index contributed by atoms with van der Waals surface area (Å²) in [5.74, 6) is -1.07. The molecule has 0 aliphatic rings. The fraction of sp³-hybridized carbons (Fsp3) is 0.300. The van der Waals surface area contributed by atoms with Crippen LogP contribution in [0.1, 0.15) is 11.1 Å². The fourth-order valence-corrected chi connectivity index (χ4v) is 1.21. The first-order valence-corrected chi connectivity index (χ1v) is 4.26. The number of halogens is 1. The Morgan fingerprint density at radius 2 is 2.00 bits per heavy atom. The van der Waals surface area contributed by atoms with Gasteiger partial charge in [0.2, 0.25) is 0 Å². The number of alkyl halides is 1. The van der Waals surface area contributed by atoms with Gasteiger partial charge in [-0.05, 0) is 17.5 Å². The monoisotopic (exact) mass is 197 g/mol. The predicted octanol–water partition coefficient (Wildman–Crippen LogP) is 1.11. The zero-order valence-corrected chi connectivity index (χ0v) is 7.61. The highest BCUT2D eigenvalue weighted by Crippen LogP contribution is 2.11. The summed E-state index contributed by atoms with van der Waals surface area (Å²) < 4.78 is 12.4. The van der Waals surface area contributed by atoms with Gasteiger partial charge in [-0.3, -0.25) is 4.79 Å². The first-order valence-electron chi connectivity index (χ1n) is 4.26. The number of aliphatic carboxylic acids is 1. The van der Waals surface area contributed by atoms with Crippen molar-refractivity contribution in [3.8, 4) is 0 Å². The third-order valence-corrected chi connectivity index (χ3v) is 2.02. The molecular weight excluding hydrogens is 185 g/mol. The minimum absolute atomic E-state index is 0.162. The normalized spacial score (nSPS) is 12.4. The molecule has 1 aromatic carbocycles. The molecule has 0 saturated carbocycles. The Bertz CT molecular complexity index is 328. The van der Waals surface area contributed by atoms with Crippen molar-refractivity contribution >= 4 is 5.97 Å². The predicted molar refractivity (Wildman–Crippen MR) is 50.6 cm³/mol. The lowest BCUT2D eigenvalue weighted by Gasteiger charge is -2.09. The van der Waals surface area contributed by atoms with Gasteiger partial charge in [-0.15, -0.1) is 0 Å². The Labute approximate surface area is 81.4 Å². The van der Waals surface area contributed by atoms with Crippen molar-refractivity contribution in [3.63, 3.8) is 0 Å². The summed E-state index contributed by atoms with van der Waals surface area (Å²) in [7, 11) is 0. The Balaban J connectivity index is 2.80. The van der Waals surface area contributed by atoms with Crippen LogP contribution in [0.3, 0.4) is 0 Å². The number of hydrogen-bond donors (Lipinski definition) is 2. The Kier molecular flexibility index (Phi) is 3.59. The van der Waals surface area contributed by atoms with Crippen LogP contribution >= 0.6 is 0 Å². The van der Waals surface area contributed by atoms with Crippen molar-refractivity contribution in [3.05, 3.63) is 35.4 Å². The van der Waals surface area contributed by atoms with Crippen LogP contribution < -0.4 is 5.73 Å². The maximum Gasteiger partial charge on any atom is 0.320 e. The van der Waals surface area contributed by atoms with Crippen LogP contribution in [-0.2, 0) is 17.9 Å². The Hall–Kier alpha value is -1.42. The summed E-state index contributed by atoms with van der Waals surface area (Å²) >= 11 is 0. The summed E-state index contributed by atoms with van der Waals surface area (Å²) in [5, 5.41) is 8.59. The van der Waals surface area contributed by atoms with Crippen LogP contribution in [0.25, 0.3) is 0 Å². The molecule has 1 rings (SSSR count). The van der Waals surface area contributed by atoms with E-state index in [1.165, 1.54) is 0 Å². The van der Waals surface area contributed by atoms with Gasteiger partial charge in [-0.1, -0.05) is 24.3 Å². The average molecular weight is 197 g/mol. The highest BCUT2D eigenvalue weighted by Gasteiger charge is 2.13. The zero-order valence-electron chi connectivity index (χ0n) is 7.61. The Morgan fingerprint density at radius 3 is 2.50 bits per heavy atom. The number of carboxylic acid groups (broad SMARTS) is 1. The lowest BCUT2D eigenvalue weighted by molar-refractivity contribution is -0.138. The first kappa shape index (κ1) is 10.7. The van der Waals surface area contributed by atoms with Gasteiger partial charge in [0, 0.05) is 0 Å². The molecule has 0 bridgehead atoms. The van der Waals surface area contributed by atoms with E-state index in [1.807, 2.05) is 0 Å². The van der Waals surface area contributed by atoms with Gasteiger partial charge >= 0.3 is 5.97 Å². The van der Waals surface area contributed by atoms with Crippen molar-refractivity contribution in [2.24, 2.45) is 5.73 Å². The van der Waals surface area contributed by atoms with Gasteiger partial charge in [0.15, 0.2) is 0 Å². The molecule has 3 nitrogen and oxygen atoms in total. The van der Waals surface area contributed by atoms with E-state index in [1.54, 1.807) is 24.3 Å². The average Bonchev–Trinajstić information content (AvgIpc) is 2.18. The van der Waals surface area contributed by atoms with Gasteiger partial charge in [0.25, 0.3) is 0 Å². The second kappa shape index (κ2) is 4.72. The van der Waals surface area contributed by atoms with Crippen molar-refractivity contribution in [2.45, 2.75) is 19.1 Å². The number of carboxylic acids is 1. The van der Waals surface area contributed by atoms with Crippen molar-refractivity contribution in [1.82, 2.24) is 0 Å². The Morgan fingerprint density at radius 1 is 1.43 bits per heavy atom. The molecule has 3 N–H and O–H groups in total. The largest absolute Gasteiger partial charge is 0.480 e. The van der Waals surface area contributed by atoms with Crippen molar-refractivity contribution in [2.75, 3.05) is 0 Å². The molecule has 4 heteroatoms. The molecule has 1 aromatic rings. The van der Waals surface area contributed by atoms with Gasteiger partial charge in [0.1, 0.15) is 12.7 Å². The number of benzene rings is 1. The summed E-state index contributed by atoms with van der Waals surface area (Å²) in [6.07, 6.45) is 0.162. The van der Waals surface area contributed by atoms with E-state index in [0.29, 0.717) is 11.1 Å². The van der Waals surface area contributed by atoms with Crippen LogP contribution in [0.5, 0.6) is 0 Å². The second-order valence-electron chi connectivity index (χ2n) is 3.05. The molecule has 1 atom stereocenters. The number of carbonyl (C=O) groups is 1. The molecular formula is C10H12FNO2. The molecule has 0 aromatic heterocycles. The van der Waals surface area contributed by atoms with Crippen molar-refractivity contribution < 1.29 is 14.3 Å². The van der Waals surface area contributed by atoms with E-state index in [4.69, 9.17) is 10.8 Å². The van der Waals surface area contributed by atoms with E-state index in [9.17, 15) is 9.18 Å². The third kappa shape index (κ3) is 2.53. The van der Waals surface area contributed by atoms with E-state index >= 15 is 0 Å². The van der Waals surface area contributed by atoms with Gasteiger partial charge in [-0.25, -0.2) is 4.39 Å². The standard InChI is InChI=1S/C10H12FNO2/c11-6-8-4-2-1-3-7(8)5-9(12)10(13)14/h1-4,9H,5-6,12H2,(H,13,14)/t9-/m1/s1. The molecule has 0 amide bonds. The van der Waals surface area contributed by atoms with E-state index in [-0.39, 0.29) is 6.42 Å².